The maximum Gasteiger partial charge on any atom is 0.0406 e. The van der Waals surface area contributed by atoms with E-state index in [0.29, 0.717) is 6.04 Å². The molecule has 0 saturated heterocycles. The smallest absolute Gasteiger partial charge is 0.0406 e. The zero-order valence-electron chi connectivity index (χ0n) is 11.6. The lowest BCUT2D eigenvalue weighted by Gasteiger charge is -2.19. The van der Waals surface area contributed by atoms with E-state index in [1.165, 1.54) is 17.7 Å². The van der Waals surface area contributed by atoms with Crippen LogP contribution in [-0.2, 0) is 6.42 Å². The molecule has 0 heterocycles. The maximum absolute atomic E-state index is 5.91. The molecule has 3 heteroatoms. The minimum Gasteiger partial charge on any atom is -0.313 e. The zero-order chi connectivity index (χ0) is 13.4. The van der Waals surface area contributed by atoms with Crippen LogP contribution in [0, 0.1) is 0 Å². The van der Waals surface area contributed by atoms with E-state index >= 15 is 0 Å². The highest BCUT2D eigenvalue weighted by Gasteiger charge is 2.10. The lowest BCUT2D eigenvalue weighted by atomic mass is 10.1. The second-order valence-electron chi connectivity index (χ2n) is 4.64. The van der Waals surface area contributed by atoms with Gasteiger partial charge in [0.1, 0.15) is 0 Å². The summed E-state index contributed by atoms with van der Waals surface area (Å²) in [7, 11) is 0. The Kier molecular flexibility index (Phi) is 7.80. The van der Waals surface area contributed by atoms with Gasteiger partial charge in [-0.05, 0) is 37.1 Å². The van der Waals surface area contributed by atoms with E-state index in [-0.39, 0.29) is 0 Å². The van der Waals surface area contributed by atoms with Gasteiger partial charge in [0.15, 0.2) is 0 Å². The van der Waals surface area contributed by atoms with E-state index in [0.717, 1.165) is 23.2 Å². The van der Waals surface area contributed by atoms with E-state index in [2.05, 4.69) is 50.0 Å². The molecule has 0 radical (unpaired) electrons. The molecule has 0 saturated carbocycles. The predicted molar refractivity (Wildman–Crippen MR) is 84.8 cm³/mol. The van der Waals surface area contributed by atoms with Gasteiger partial charge >= 0.3 is 0 Å². The van der Waals surface area contributed by atoms with Crippen molar-refractivity contribution in [2.75, 3.05) is 12.3 Å². The Morgan fingerprint density at radius 1 is 1.22 bits per heavy atom. The Labute approximate surface area is 121 Å². The minimum absolute atomic E-state index is 0.551. The van der Waals surface area contributed by atoms with Crippen molar-refractivity contribution in [3.05, 3.63) is 34.9 Å². The topological polar surface area (TPSA) is 12.0 Å². The highest BCUT2D eigenvalue weighted by Crippen LogP contribution is 2.17. The van der Waals surface area contributed by atoms with Crippen LogP contribution < -0.4 is 5.32 Å². The molecule has 1 aromatic carbocycles. The van der Waals surface area contributed by atoms with Crippen molar-refractivity contribution >= 4 is 23.4 Å². The molecule has 0 bridgehead atoms. The van der Waals surface area contributed by atoms with E-state index in [4.69, 9.17) is 11.6 Å². The molecule has 0 amide bonds. The zero-order valence-corrected chi connectivity index (χ0v) is 13.2. The summed E-state index contributed by atoms with van der Waals surface area (Å²) in [6, 6.07) is 8.75. The summed E-state index contributed by atoms with van der Waals surface area (Å²) in [5.74, 6) is 1.17. The molecule has 0 fully saturated rings. The fourth-order valence-electron chi connectivity index (χ4n) is 1.78. The molecule has 2 unspecified atom stereocenters. The van der Waals surface area contributed by atoms with Crippen molar-refractivity contribution in [3.8, 4) is 0 Å². The number of benzene rings is 1. The van der Waals surface area contributed by atoms with Crippen molar-refractivity contribution in [2.24, 2.45) is 0 Å². The molecule has 102 valence electrons. The molecule has 0 spiro atoms. The summed E-state index contributed by atoms with van der Waals surface area (Å²) in [6.45, 7) is 7.75. The van der Waals surface area contributed by atoms with Crippen LogP contribution >= 0.6 is 23.4 Å². The van der Waals surface area contributed by atoms with Crippen molar-refractivity contribution in [1.29, 1.82) is 0 Å². The molecule has 0 aromatic heterocycles. The summed E-state index contributed by atoms with van der Waals surface area (Å²) in [6.07, 6.45) is 2.32. The Morgan fingerprint density at radius 2 is 1.89 bits per heavy atom. The largest absolute Gasteiger partial charge is 0.313 e. The SMILES string of the molecule is CCNC(CSC(C)CC)Cc1ccc(Cl)cc1. The highest BCUT2D eigenvalue weighted by molar-refractivity contribution is 7.99. The number of hydrogen-bond donors (Lipinski definition) is 1. The molecule has 1 aromatic rings. The number of likely N-dealkylation sites (N-methyl/N-ethyl adjacent to an activating group) is 1. The summed E-state index contributed by atoms with van der Waals surface area (Å²) >= 11 is 7.97. The second-order valence-corrected chi connectivity index (χ2v) is 6.55. The van der Waals surface area contributed by atoms with Crippen molar-refractivity contribution in [1.82, 2.24) is 5.32 Å². The Bertz CT molecular complexity index is 326. The number of hydrogen-bond acceptors (Lipinski definition) is 2. The van der Waals surface area contributed by atoms with Gasteiger partial charge in [0, 0.05) is 22.1 Å². The first-order chi connectivity index (χ1) is 8.65. The van der Waals surface area contributed by atoms with Gasteiger partial charge in [0.05, 0.1) is 0 Å². The van der Waals surface area contributed by atoms with Crippen LogP contribution in [-0.4, -0.2) is 23.6 Å². The minimum atomic E-state index is 0.551. The highest BCUT2D eigenvalue weighted by atomic mass is 35.5. The third-order valence-corrected chi connectivity index (χ3v) is 4.79. The van der Waals surface area contributed by atoms with E-state index in [1.54, 1.807) is 0 Å². The molecule has 1 nitrogen and oxygen atoms in total. The molecule has 1 N–H and O–H groups in total. The van der Waals surface area contributed by atoms with E-state index < -0.39 is 0 Å². The Balaban J connectivity index is 2.48. The standard InChI is InChI=1S/C15H24ClNS/c1-4-12(3)18-11-15(17-5-2)10-13-6-8-14(16)9-7-13/h6-9,12,15,17H,4-5,10-11H2,1-3H3. The van der Waals surface area contributed by atoms with Gasteiger partial charge in [-0.1, -0.05) is 44.5 Å². The summed E-state index contributed by atoms with van der Waals surface area (Å²) < 4.78 is 0. The Hall–Kier alpha value is -0.180. The lowest BCUT2D eigenvalue weighted by Crippen LogP contribution is -2.33. The molecule has 1 rings (SSSR count). The molecule has 2 atom stereocenters. The third-order valence-electron chi connectivity index (χ3n) is 3.05. The molecular formula is C15H24ClNS. The summed E-state index contributed by atoms with van der Waals surface area (Å²) in [5.41, 5.74) is 1.36. The van der Waals surface area contributed by atoms with Crippen LogP contribution in [0.2, 0.25) is 5.02 Å². The average Bonchev–Trinajstić information content (AvgIpc) is 2.38. The van der Waals surface area contributed by atoms with Gasteiger partial charge < -0.3 is 5.32 Å². The molecular weight excluding hydrogens is 262 g/mol. The molecule has 18 heavy (non-hydrogen) atoms. The van der Waals surface area contributed by atoms with Crippen molar-refractivity contribution < 1.29 is 0 Å². The average molecular weight is 286 g/mol. The fraction of sp³-hybridized carbons (Fsp3) is 0.600. The quantitative estimate of drug-likeness (QED) is 0.760. The number of rotatable bonds is 8. The monoisotopic (exact) mass is 285 g/mol. The van der Waals surface area contributed by atoms with Crippen LogP contribution in [0.3, 0.4) is 0 Å². The number of thioether (sulfide) groups is 1. The van der Waals surface area contributed by atoms with Crippen LogP contribution in [0.15, 0.2) is 24.3 Å². The molecule has 0 aliphatic carbocycles. The number of nitrogens with one attached hydrogen (secondary N) is 1. The van der Waals surface area contributed by atoms with Crippen LogP contribution in [0.5, 0.6) is 0 Å². The van der Waals surface area contributed by atoms with E-state index in [1.807, 2.05) is 12.1 Å². The predicted octanol–water partition coefficient (Wildman–Crippen LogP) is 4.39. The summed E-state index contributed by atoms with van der Waals surface area (Å²) in [5, 5.41) is 5.13. The first-order valence-electron chi connectivity index (χ1n) is 6.75. The van der Waals surface area contributed by atoms with Gasteiger partial charge in [0.2, 0.25) is 0 Å². The van der Waals surface area contributed by atoms with Crippen molar-refractivity contribution in [3.63, 3.8) is 0 Å². The number of halogens is 1. The van der Waals surface area contributed by atoms with Crippen molar-refractivity contribution in [2.45, 2.75) is 44.9 Å². The van der Waals surface area contributed by atoms with Gasteiger partial charge in [-0.2, -0.15) is 11.8 Å². The van der Waals surface area contributed by atoms with Crippen LogP contribution in [0.4, 0.5) is 0 Å². The second kappa shape index (κ2) is 8.84. The van der Waals surface area contributed by atoms with Gasteiger partial charge in [-0.15, -0.1) is 0 Å². The Morgan fingerprint density at radius 3 is 2.44 bits per heavy atom. The van der Waals surface area contributed by atoms with Crippen LogP contribution in [0.1, 0.15) is 32.8 Å². The maximum atomic E-state index is 5.91. The van der Waals surface area contributed by atoms with Gasteiger partial charge in [-0.3, -0.25) is 0 Å². The van der Waals surface area contributed by atoms with Gasteiger partial charge in [-0.25, -0.2) is 0 Å². The first-order valence-corrected chi connectivity index (χ1v) is 8.17. The fourth-order valence-corrected chi connectivity index (χ4v) is 2.94. The van der Waals surface area contributed by atoms with E-state index in [9.17, 15) is 0 Å². The van der Waals surface area contributed by atoms with Gasteiger partial charge in [0.25, 0.3) is 0 Å². The third kappa shape index (κ3) is 6.12. The molecule has 0 aliphatic rings. The lowest BCUT2D eigenvalue weighted by molar-refractivity contribution is 0.572. The first kappa shape index (κ1) is 15.9. The normalized spacial score (nSPS) is 14.4. The molecule has 0 aliphatic heterocycles. The van der Waals surface area contributed by atoms with Crippen LogP contribution in [0.25, 0.3) is 0 Å². The summed E-state index contributed by atoms with van der Waals surface area (Å²) in [4.78, 5) is 0.